The SMILES string of the molecule is Cc1c(Cc2cccc(C(=O)N3CC(=O)N(C)C3)c2)n[nH]c(=O)c1C. The van der Waals surface area contributed by atoms with E-state index < -0.39 is 0 Å². The molecule has 1 aromatic heterocycles. The maximum absolute atomic E-state index is 12.6. The molecular weight excluding hydrogens is 320 g/mol. The predicted molar refractivity (Wildman–Crippen MR) is 92.3 cm³/mol. The van der Waals surface area contributed by atoms with Crippen molar-refractivity contribution in [3.63, 3.8) is 0 Å². The van der Waals surface area contributed by atoms with Gasteiger partial charge in [0, 0.05) is 24.6 Å². The van der Waals surface area contributed by atoms with Crippen LogP contribution in [-0.4, -0.2) is 52.1 Å². The van der Waals surface area contributed by atoms with Gasteiger partial charge in [-0.05, 0) is 37.1 Å². The summed E-state index contributed by atoms with van der Waals surface area (Å²) in [4.78, 5) is 38.8. The van der Waals surface area contributed by atoms with E-state index in [-0.39, 0.29) is 23.9 Å². The van der Waals surface area contributed by atoms with Gasteiger partial charge in [0.05, 0.1) is 12.4 Å². The zero-order valence-electron chi connectivity index (χ0n) is 14.5. The first-order valence-corrected chi connectivity index (χ1v) is 8.03. The fraction of sp³-hybridized carbons (Fsp3) is 0.333. The van der Waals surface area contributed by atoms with Gasteiger partial charge in [-0.3, -0.25) is 14.4 Å². The van der Waals surface area contributed by atoms with Crippen LogP contribution < -0.4 is 5.56 Å². The Labute approximate surface area is 145 Å². The minimum Gasteiger partial charge on any atom is -0.326 e. The van der Waals surface area contributed by atoms with Gasteiger partial charge in [-0.2, -0.15) is 5.10 Å². The molecule has 1 aliphatic rings. The lowest BCUT2D eigenvalue weighted by atomic mass is 10.0. The monoisotopic (exact) mass is 340 g/mol. The van der Waals surface area contributed by atoms with Gasteiger partial charge in [-0.1, -0.05) is 12.1 Å². The molecule has 0 atom stereocenters. The summed E-state index contributed by atoms with van der Waals surface area (Å²) in [5.41, 5.74) is 3.56. The number of rotatable bonds is 3. The van der Waals surface area contributed by atoms with Gasteiger partial charge in [0.1, 0.15) is 6.54 Å². The average Bonchev–Trinajstić information content (AvgIpc) is 2.94. The van der Waals surface area contributed by atoms with Crippen LogP contribution in [0.3, 0.4) is 0 Å². The Morgan fingerprint density at radius 1 is 1.24 bits per heavy atom. The highest BCUT2D eigenvalue weighted by Crippen LogP contribution is 2.16. The van der Waals surface area contributed by atoms with Gasteiger partial charge < -0.3 is 9.80 Å². The molecule has 0 bridgehead atoms. The van der Waals surface area contributed by atoms with Crippen LogP contribution in [0.5, 0.6) is 0 Å². The Morgan fingerprint density at radius 3 is 2.68 bits per heavy atom. The Bertz CT molecular complexity index is 903. The van der Waals surface area contributed by atoms with Crippen molar-refractivity contribution in [2.24, 2.45) is 0 Å². The van der Waals surface area contributed by atoms with Crippen LogP contribution >= 0.6 is 0 Å². The number of likely N-dealkylation sites (N-methyl/N-ethyl adjacent to an activating group) is 1. The molecule has 1 saturated heterocycles. The van der Waals surface area contributed by atoms with Crippen LogP contribution in [0.4, 0.5) is 0 Å². The van der Waals surface area contributed by atoms with Gasteiger partial charge in [0.15, 0.2) is 0 Å². The molecule has 1 aromatic carbocycles. The van der Waals surface area contributed by atoms with E-state index in [1.54, 1.807) is 20.0 Å². The van der Waals surface area contributed by atoms with E-state index >= 15 is 0 Å². The Balaban J connectivity index is 1.83. The second-order valence-corrected chi connectivity index (χ2v) is 6.36. The summed E-state index contributed by atoms with van der Waals surface area (Å²) < 4.78 is 0. The molecule has 25 heavy (non-hydrogen) atoms. The topological polar surface area (TPSA) is 86.4 Å². The van der Waals surface area contributed by atoms with Crippen molar-refractivity contribution in [3.05, 3.63) is 62.6 Å². The quantitative estimate of drug-likeness (QED) is 0.897. The molecule has 130 valence electrons. The minimum absolute atomic E-state index is 0.0620. The number of H-pyrrole nitrogens is 1. The molecular formula is C18H20N4O3. The van der Waals surface area contributed by atoms with Crippen molar-refractivity contribution < 1.29 is 9.59 Å². The van der Waals surface area contributed by atoms with E-state index in [9.17, 15) is 14.4 Å². The number of aromatic nitrogens is 2. The molecule has 2 heterocycles. The van der Waals surface area contributed by atoms with E-state index in [1.807, 2.05) is 25.1 Å². The summed E-state index contributed by atoms with van der Waals surface area (Å²) in [6, 6.07) is 7.29. The van der Waals surface area contributed by atoms with Crippen LogP contribution in [0.15, 0.2) is 29.1 Å². The van der Waals surface area contributed by atoms with Crippen molar-refractivity contribution in [2.75, 3.05) is 20.3 Å². The molecule has 2 aromatic rings. The van der Waals surface area contributed by atoms with Crippen molar-refractivity contribution in [1.82, 2.24) is 20.0 Å². The van der Waals surface area contributed by atoms with E-state index in [2.05, 4.69) is 10.2 Å². The first-order chi connectivity index (χ1) is 11.9. The number of nitrogens with zero attached hydrogens (tertiary/aromatic N) is 3. The third-order valence-corrected chi connectivity index (χ3v) is 4.60. The van der Waals surface area contributed by atoms with E-state index in [1.165, 1.54) is 9.80 Å². The molecule has 7 nitrogen and oxygen atoms in total. The first kappa shape index (κ1) is 16.9. The molecule has 1 N–H and O–H groups in total. The molecule has 1 fully saturated rings. The molecule has 7 heteroatoms. The van der Waals surface area contributed by atoms with Crippen molar-refractivity contribution >= 4 is 11.8 Å². The van der Waals surface area contributed by atoms with Crippen LogP contribution in [0.1, 0.15) is 32.7 Å². The van der Waals surface area contributed by atoms with Crippen molar-refractivity contribution in [2.45, 2.75) is 20.3 Å². The highest BCUT2D eigenvalue weighted by atomic mass is 16.2. The number of aromatic amines is 1. The lowest BCUT2D eigenvalue weighted by Crippen LogP contribution is -2.30. The molecule has 0 radical (unpaired) electrons. The predicted octanol–water partition coefficient (Wildman–Crippen LogP) is 0.849. The lowest BCUT2D eigenvalue weighted by Gasteiger charge is -2.15. The molecule has 1 aliphatic heterocycles. The number of benzene rings is 1. The maximum atomic E-state index is 12.6. The second-order valence-electron chi connectivity index (χ2n) is 6.36. The summed E-state index contributed by atoms with van der Waals surface area (Å²) >= 11 is 0. The smallest absolute Gasteiger partial charge is 0.267 e. The summed E-state index contributed by atoms with van der Waals surface area (Å²) in [5.74, 6) is -0.227. The number of amides is 2. The molecule has 0 saturated carbocycles. The zero-order chi connectivity index (χ0) is 18.1. The van der Waals surface area contributed by atoms with Crippen molar-refractivity contribution in [3.8, 4) is 0 Å². The summed E-state index contributed by atoms with van der Waals surface area (Å²) in [5, 5.41) is 6.62. The molecule has 0 unspecified atom stereocenters. The Kier molecular flexibility index (Phi) is 4.39. The number of nitrogens with one attached hydrogen (secondary N) is 1. The third-order valence-electron chi connectivity index (χ3n) is 4.60. The average molecular weight is 340 g/mol. The molecule has 2 amide bonds. The van der Waals surface area contributed by atoms with Crippen LogP contribution in [0.2, 0.25) is 0 Å². The number of hydrogen-bond acceptors (Lipinski definition) is 4. The van der Waals surface area contributed by atoms with Gasteiger partial charge in [-0.25, -0.2) is 5.10 Å². The van der Waals surface area contributed by atoms with Crippen LogP contribution in [0.25, 0.3) is 0 Å². The first-order valence-electron chi connectivity index (χ1n) is 8.03. The standard InChI is InChI=1S/C18H20N4O3/c1-11-12(2)17(24)20-19-15(11)8-13-5-4-6-14(7-13)18(25)22-9-16(23)21(3)10-22/h4-7H,8-10H2,1-3H3,(H,20,24). The zero-order valence-corrected chi connectivity index (χ0v) is 14.5. The summed E-state index contributed by atoms with van der Waals surface area (Å²) in [7, 11) is 1.68. The van der Waals surface area contributed by atoms with Gasteiger partial charge in [0.2, 0.25) is 5.91 Å². The third kappa shape index (κ3) is 3.31. The minimum atomic E-state index is -0.187. The van der Waals surface area contributed by atoms with Gasteiger partial charge in [-0.15, -0.1) is 0 Å². The van der Waals surface area contributed by atoms with Gasteiger partial charge in [0.25, 0.3) is 11.5 Å². The van der Waals surface area contributed by atoms with E-state index in [0.717, 1.165) is 16.8 Å². The largest absolute Gasteiger partial charge is 0.326 e. The second kappa shape index (κ2) is 6.51. The number of hydrogen-bond donors (Lipinski definition) is 1. The fourth-order valence-electron chi connectivity index (χ4n) is 2.84. The molecule has 3 rings (SSSR count). The van der Waals surface area contributed by atoms with Crippen LogP contribution in [0, 0.1) is 13.8 Å². The summed E-state index contributed by atoms with van der Waals surface area (Å²) in [6.45, 7) is 4.05. The van der Waals surface area contributed by atoms with E-state index in [0.29, 0.717) is 24.2 Å². The van der Waals surface area contributed by atoms with Crippen molar-refractivity contribution in [1.29, 1.82) is 0 Å². The fourth-order valence-corrected chi connectivity index (χ4v) is 2.84. The van der Waals surface area contributed by atoms with E-state index in [4.69, 9.17) is 0 Å². The summed E-state index contributed by atoms with van der Waals surface area (Å²) in [6.07, 6.45) is 0.517. The normalized spacial score (nSPS) is 14.3. The number of carbonyl (C=O) groups excluding carboxylic acids is 2. The lowest BCUT2D eigenvalue weighted by molar-refractivity contribution is -0.125. The number of carbonyl (C=O) groups is 2. The Morgan fingerprint density at radius 2 is 2.00 bits per heavy atom. The maximum Gasteiger partial charge on any atom is 0.267 e. The highest BCUT2D eigenvalue weighted by molar-refractivity contribution is 5.98. The molecule has 0 aliphatic carbocycles. The van der Waals surface area contributed by atoms with Crippen LogP contribution in [-0.2, 0) is 11.2 Å². The van der Waals surface area contributed by atoms with Gasteiger partial charge >= 0.3 is 0 Å². The highest BCUT2D eigenvalue weighted by Gasteiger charge is 2.28. The molecule has 0 spiro atoms. The Hall–Kier alpha value is -2.96.